The van der Waals surface area contributed by atoms with Crippen LogP contribution in [0.4, 0.5) is 14.9 Å². The number of anilines is 1. The van der Waals surface area contributed by atoms with Gasteiger partial charge in [0.2, 0.25) is 0 Å². The Hall–Kier alpha value is -3.22. The number of benzene rings is 2. The van der Waals surface area contributed by atoms with Gasteiger partial charge in [0.05, 0.1) is 6.54 Å². The van der Waals surface area contributed by atoms with E-state index >= 15 is 0 Å². The zero-order valence-corrected chi connectivity index (χ0v) is 16.2. The first-order valence-electron chi connectivity index (χ1n) is 9.74. The number of urea groups is 1. The molecule has 0 spiro atoms. The van der Waals surface area contributed by atoms with Gasteiger partial charge in [0, 0.05) is 24.3 Å². The van der Waals surface area contributed by atoms with Gasteiger partial charge in [-0.2, -0.15) is 0 Å². The van der Waals surface area contributed by atoms with Gasteiger partial charge in [0.15, 0.2) is 0 Å². The van der Waals surface area contributed by atoms with Crippen LogP contribution in [0.25, 0.3) is 0 Å². The molecule has 4 amide bonds. The molecule has 4 rings (SSSR count). The van der Waals surface area contributed by atoms with Crippen molar-refractivity contribution in [1.82, 2.24) is 9.80 Å². The van der Waals surface area contributed by atoms with Crippen LogP contribution in [0, 0.1) is 5.82 Å². The molecular formula is C22H22FN3O3. The Bertz CT molecular complexity index is 937. The van der Waals surface area contributed by atoms with E-state index in [1.54, 1.807) is 31.2 Å². The third-order valence-corrected chi connectivity index (χ3v) is 5.49. The fourth-order valence-electron chi connectivity index (χ4n) is 3.85. The van der Waals surface area contributed by atoms with Crippen LogP contribution in [0.15, 0.2) is 48.5 Å². The third-order valence-electron chi connectivity index (χ3n) is 5.49. The lowest BCUT2D eigenvalue weighted by atomic mass is 10.1. The number of imide groups is 1. The van der Waals surface area contributed by atoms with Crippen LogP contribution in [0.3, 0.4) is 0 Å². The molecule has 29 heavy (non-hydrogen) atoms. The monoisotopic (exact) mass is 395 g/mol. The zero-order chi connectivity index (χ0) is 20.5. The lowest BCUT2D eigenvalue weighted by molar-refractivity contribution is -0.127. The molecule has 2 fully saturated rings. The number of amides is 4. The maximum absolute atomic E-state index is 13.2. The quantitative estimate of drug-likeness (QED) is 0.746. The molecule has 1 unspecified atom stereocenters. The van der Waals surface area contributed by atoms with Gasteiger partial charge in [0.25, 0.3) is 11.8 Å². The summed E-state index contributed by atoms with van der Waals surface area (Å²) in [5.41, 5.74) is 1.85. The van der Waals surface area contributed by atoms with Crippen LogP contribution in [-0.2, 0) is 11.3 Å². The van der Waals surface area contributed by atoms with Crippen LogP contribution >= 0.6 is 0 Å². The van der Waals surface area contributed by atoms with Crippen molar-refractivity contribution in [1.29, 1.82) is 0 Å². The second-order valence-corrected chi connectivity index (χ2v) is 7.43. The van der Waals surface area contributed by atoms with Crippen LogP contribution < -0.4 is 4.90 Å². The van der Waals surface area contributed by atoms with Crippen LogP contribution in [0.2, 0.25) is 0 Å². The van der Waals surface area contributed by atoms with E-state index in [1.807, 2.05) is 4.90 Å². The second-order valence-electron chi connectivity index (χ2n) is 7.43. The van der Waals surface area contributed by atoms with E-state index in [2.05, 4.69) is 0 Å². The maximum Gasteiger partial charge on any atom is 0.332 e. The van der Waals surface area contributed by atoms with Crippen molar-refractivity contribution in [2.75, 3.05) is 18.0 Å². The molecule has 150 valence electrons. The van der Waals surface area contributed by atoms with Crippen molar-refractivity contribution >= 4 is 23.5 Å². The van der Waals surface area contributed by atoms with Gasteiger partial charge >= 0.3 is 6.03 Å². The Morgan fingerprint density at radius 1 is 1.00 bits per heavy atom. The van der Waals surface area contributed by atoms with Crippen molar-refractivity contribution < 1.29 is 18.8 Å². The minimum atomic E-state index is -0.663. The number of carbonyl (C=O) groups excluding carboxylic acids is 3. The van der Waals surface area contributed by atoms with Crippen molar-refractivity contribution in [2.45, 2.75) is 32.4 Å². The Morgan fingerprint density at radius 2 is 1.62 bits per heavy atom. The SMILES string of the molecule is CC1C(=O)N(Cc2ccc(C(=O)N3CCCC3)cc2)C(=O)N1c1ccc(F)cc1. The van der Waals surface area contributed by atoms with Gasteiger partial charge in [-0.05, 0) is 61.7 Å². The summed E-state index contributed by atoms with van der Waals surface area (Å²) in [5.74, 6) is -0.699. The normalized spacial score (nSPS) is 19.4. The molecular weight excluding hydrogens is 373 g/mol. The summed E-state index contributed by atoms with van der Waals surface area (Å²) < 4.78 is 13.2. The number of likely N-dealkylation sites (tertiary alicyclic amines) is 1. The zero-order valence-electron chi connectivity index (χ0n) is 16.2. The minimum Gasteiger partial charge on any atom is -0.339 e. The Kier molecular flexibility index (Phi) is 5.05. The van der Waals surface area contributed by atoms with Crippen LogP contribution in [0.1, 0.15) is 35.7 Å². The second kappa shape index (κ2) is 7.66. The molecule has 2 aromatic carbocycles. The highest BCUT2D eigenvalue weighted by Crippen LogP contribution is 2.27. The number of rotatable bonds is 4. The van der Waals surface area contributed by atoms with E-state index in [-0.39, 0.29) is 18.4 Å². The molecule has 2 aromatic rings. The standard InChI is InChI=1S/C22H22FN3O3/c1-15-20(27)25(22(29)26(15)19-10-8-18(23)9-11-19)14-16-4-6-17(7-5-16)21(28)24-12-2-3-13-24/h4-11,15H,2-3,12-14H2,1H3. The van der Waals surface area contributed by atoms with Crippen molar-refractivity contribution in [3.63, 3.8) is 0 Å². The van der Waals surface area contributed by atoms with Crippen molar-refractivity contribution in [3.8, 4) is 0 Å². The van der Waals surface area contributed by atoms with Crippen LogP contribution in [-0.4, -0.2) is 46.8 Å². The molecule has 2 aliphatic rings. The van der Waals surface area contributed by atoms with Gasteiger partial charge < -0.3 is 4.90 Å². The average Bonchev–Trinajstić information content (AvgIpc) is 3.33. The predicted molar refractivity (Wildman–Crippen MR) is 106 cm³/mol. The lowest BCUT2D eigenvalue weighted by Gasteiger charge is -2.19. The van der Waals surface area contributed by atoms with Crippen molar-refractivity contribution in [3.05, 3.63) is 65.5 Å². The summed E-state index contributed by atoms with van der Waals surface area (Å²) >= 11 is 0. The highest BCUT2D eigenvalue weighted by molar-refractivity contribution is 6.14. The summed E-state index contributed by atoms with van der Waals surface area (Å²) in [6.07, 6.45) is 2.07. The van der Waals surface area contributed by atoms with E-state index in [0.717, 1.165) is 31.5 Å². The van der Waals surface area contributed by atoms with E-state index in [9.17, 15) is 18.8 Å². The molecule has 2 heterocycles. The fourth-order valence-corrected chi connectivity index (χ4v) is 3.85. The number of halogens is 1. The summed E-state index contributed by atoms with van der Waals surface area (Å²) in [5, 5.41) is 0. The molecule has 7 heteroatoms. The lowest BCUT2D eigenvalue weighted by Crippen LogP contribution is -2.33. The highest BCUT2D eigenvalue weighted by Gasteiger charge is 2.43. The number of carbonyl (C=O) groups is 3. The summed E-state index contributed by atoms with van der Waals surface area (Å²) in [4.78, 5) is 42.3. The van der Waals surface area contributed by atoms with E-state index in [4.69, 9.17) is 0 Å². The Balaban J connectivity index is 1.48. The van der Waals surface area contributed by atoms with Gasteiger partial charge in [-0.1, -0.05) is 12.1 Å². The molecule has 0 aromatic heterocycles. The first-order valence-corrected chi connectivity index (χ1v) is 9.74. The Labute approximate surface area is 168 Å². The van der Waals surface area contributed by atoms with Gasteiger partial charge in [-0.15, -0.1) is 0 Å². The van der Waals surface area contributed by atoms with Crippen molar-refractivity contribution in [2.24, 2.45) is 0 Å². The Morgan fingerprint density at radius 3 is 2.24 bits per heavy atom. The van der Waals surface area contributed by atoms with E-state index < -0.39 is 17.9 Å². The topological polar surface area (TPSA) is 60.9 Å². The molecule has 2 saturated heterocycles. The summed E-state index contributed by atoms with van der Waals surface area (Å²) in [6, 6.07) is 11.4. The first-order chi connectivity index (χ1) is 14.0. The average molecular weight is 395 g/mol. The number of hydrogen-bond donors (Lipinski definition) is 0. The van der Waals surface area contributed by atoms with Gasteiger partial charge in [-0.25, -0.2) is 9.18 Å². The molecule has 0 saturated carbocycles. The maximum atomic E-state index is 13.2. The van der Waals surface area contributed by atoms with Gasteiger partial charge in [-0.3, -0.25) is 19.4 Å². The number of hydrogen-bond acceptors (Lipinski definition) is 3. The molecule has 1 atom stereocenters. The molecule has 0 radical (unpaired) electrons. The molecule has 0 aliphatic carbocycles. The predicted octanol–water partition coefficient (Wildman–Crippen LogP) is 3.42. The smallest absolute Gasteiger partial charge is 0.332 e. The molecule has 2 aliphatic heterocycles. The highest BCUT2D eigenvalue weighted by atomic mass is 19.1. The largest absolute Gasteiger partial charge is 0.339 e. The molecule has 0 bridgehead atoms. The summed E-state index contributed by atoms with van der Waals surface area (Å²) in [7, 11) is 0. The number of nitrogens with zero attached hydrogens (tertiary/aromatic N) is 3. The third kappa shape index (κ3) is 3.60. The van der Waals surface area contributed by atoms with Crippen LogP contribution in [0.5, 0.6) is 0 Å². The van der Waals surface area contributed by atoms with E-state index in [0.29, 0.717) is 11.3 Å². The minimum absolute atomic E-state index is 0.0125. The summed E-state index contributed by atoms with van der Waals surface area (Å²) in [6.45, 7) is 3.35. The molecule has 6 nitrogen and oxygen atoms in total. The fraction of sp³-hybridized carbons (Fsp3) is 0.318. The van der Waals surface area contributed by atoms with Gasteiger partial charge in [0.1, 0.15) is 11.9 Å². The van der Waals surface area contributed by atoms with E-state index in [1.165, 1.54) is 34.1 Å². The first kappa shape index (κ1) is 19.1. The molecule has 0 N–H and O–H groups in total.